The van der Waals surface area contributed by atoms with Crippen molar-refractivity contribution in [2.45, 2.75) is 219 Å². The molecule has 9 heteroatoms. The fraction of sp³-hybridized carbons (Fsp3) is 0.488. The lowest BCUT2D eigenvalue weighted by Crippen LogP contribution is -2.40. The second-order valence-corrected chi connectivity index (χ2v) is 23.4. The zero-order valence-corrected chi connectivity index (χ0v) is 58.5. The van der Waals surface area contributed by atoms with Gasteiger partial charge in [0.05, 0.1) is 34.4 Å². The lowest BCUT2D eigenvalue weighted by Gasteiger charge is -2.25. The molecule has 514 valence electrons. The molecule has 0 aliphatic rings. The molecule has 0 aromatic heterocycles. The van der Waals surface area contributed by atoms with Gasteiger partial charge in [-0.1, -0.05) is 270 Å². The van der Waals surface area contributed by atoms with Crippen molar-refractivity contribution >= 4 is 17.9 Å². The fourth-order valence-electron chi connectivity index (χ4n) is 8.30. The third-order valence-corrected chi connectivity index (χ3v) is 13.6. The van der Waals surface area contributed by atoms with Crippen molar-refractivity contribution in [2.24, 2.45) is 0 Å². The Morgan fingerprint density at radius 2 is 0.581 bits per heavy atom. The first-order valence-corrected chi connectivity index (χ1v) is 35.2. The van der Waals surface area contributed by atoms with E-state index in [-0.39, 0.29) is 32.7 Å². The molecule has 0 aliphatic carbocycles. The van der Waals surface area contributed by atoms with Crippen molar-refractivity contribution in [1.82, 2.24) is 0 Å². The summed E-state index contributed by atoms with van der Waals surface area (Å²) >= 11 is 0. The number of carboxylic acids is 1. The lowest BCUT2D eigenvalue weighted by atomic mass is 10.1. The van der Waals surface area contributed by atoms with Gasteiger partial charge in [-0.2, -0.15) is 0 Å². The number of hydrogen-bond acceptors (Lipinski definition) is 7. The number of likely N-dealkylation sites (N-methyl/N-ethyl adjacent to an activating group) is 1. The molecule has 0 aromatic rings. The van der Waals surface area contributed by atoms with Gasteiger partial charge < -0.3 is 28.5 Å². The van der Waals surface area contributed by atoms with E-state index >= 15 is 0 Å². The minimum Gasteiger partial charge on any atom is -0.477 e. The van der Waals surface area contributed by atoms with Crippen LogP contribution in [0.25, 0.3) is 0 Å². The maximum Gasteiger partial charge on any atom is 0.361 e. The van der Waals surface area contributed by atoms with Crippen molar-refractivity contribution in [3.8, 4) is 0 Å². The number of quaternary nitrogens is 1. The molecule has 0 aliphatic heterocycles. The van der Waals surface area contributed by atoms with Gasteiger partial charge in [0.1, 0.15) is 13.2 Å². The molecule has 0 aromatic carbocycles. The van der Waals surface area contributed by atoms with Crippen molar-refractivity contribution in [2.75, 3.05) is 47.5 Å². The molecular weight excluding hydrogens is 1150 g/mol. The largest absolute Gasteiger partial charge is 0.477 e. The van der Waals surface area contributed by atoms with Gasteiger partial charge >= 0.3 is 17.9 Å². The normalized spacial score (nSPS) is 14.2. The highest BCUT2D eigenvalue weighted by atomic mass is 16.7. The van der Waals surface area contributed by atoms with Crippen LogP contribution in [0.1, 0.15) is 206 Å². The molecule has 0 saturated carbocycles. The van der Waals surface area contributed by atoms with Crippen LogP contribution in [-0.2, 0) is 33.3 Å². The van der Waals surface area contributed by atoms with Crippen LogP contribution in [0.3, 0.4) is 0 Å². The van der Waals surface area contributed by atoms with Crippen LogP contribution >= 0.6 is 0 Å². The van der Waals surface area contributed by atoms with Gasteiger partial charge in [-0.05, 0) is 167 Å². The van der Waals surface area contributed by atoms with E-state index in [1.165, 1.54) is 0 Å². The highest BCUT2D eigenvalue weighted by Gasteiger charge is 2.25. The van der Waals surface area contributed by atoms with Crippen LogP contribution < -0.4 is 0 Å². The maximum atomic E-state index is 12.9. The Morgan fingerprint density at radius 1 is 0.323 bits per heavy atom. The van der Waals surface area contributed by atoms with Crippen molar-refractivity contribution in [3.63, 3.8) is 0 Å². The number of ether oxygens (including phenoxy) is 4. The number of carbonyl (C=O) groups is 3. The molecule has 0 heterocycles. The van der Waals surface area contributed by atoms with E-state index in [4.69, 9.17) is 18.9 Å². The first kappa shape index (κ1) is 86.1. The first-order chi connectivity index (χ1) is 45.6. The molecule has 0 saturated heterocycles. The van der Waals surface area contributed by atoms with E-state index < -0.39 is 30.3 Å². The zero-order chi connectivity index (χ0) is 67.5. The third kappa shape index (κ3) is 72.4. The summed E-state index contributed by atoms with van der Waals surface area (Å²) in [4.78, 5) is 37.6. The van der Waals surface area contributed by atoms with Crippen LogP contribution in [-0.4, -0.2) is 87.4 Å². The number of carboxylic acid groups (broad SMARTS) is 1. The van der Waals surface area contributed by atoms with Crippen LogP contribution in [0.15, 0.2) is 243 Å². The van der Waals surface area contributed by atoms with E-state index in [0.717, 1.165) is 167 Å². The minimum atomic E-state index is -1.55. The Bertz CT molecular complexity index is 2430. The Kier molecular flexibility index (Phi) is 65.7. The summed E-state index contributed by atoms with van der Waals surface area (Å²) in [6.45, 7) is 4.52. The van der Waals surface area contributed by atoms with Crippen LogP contribution in [0.2, 0.25) is 0 Å². The number of aliphatic carboxylic acids is 1. The molecule has 2 unspecified atom stereocenters. The van der Waals surface area contributed by atoms with Crippen LogP contribution in [0.4, 0.5) is 0 Å². The lowest BCUT2D eigenvalue weighted by molar-refractivity contribution is -0.870. The van der Waals surface area contributed by atoms with Gasteiger partial charge in [0.2, 0.25) is 0 Å². The topological polar surface area (TPSA) is 108 Å². The number of nitrogens with zero attached hydrogens (tertiary/aromatic N) is 1. The van der Waals surface area contributed by atoms with Crippen LogP contribution in [0.5, 0.6) is 0 Å². The van der Waals surface area contributed by atoms with Gasteiger partial charge in [0.15, 0.2) is 6.10 Å². The first-order valence-electron chi connectivity index (χ1n) is 35.2. The molecule has 0 radical (unpaired) electrons. The maximum absolute atomic E-state index is 12.9. The molecule has 0 bridgehead atoms. The zero-order valence-electron chi connectivity index (χ0n) is 58.5. The Morgan fingerprint density at radius 3 is 0.871 bits per heavy atom. The van der Waals surface area contributed by atoms with Crippen molar-refractivity contribution < 1.29 is 42.9 Å². The third-order valence-electron chi connectivity index (χ3n) is 13.6. The fourth-order valence-corrected chi connectivity index (χ4v) is 8.30. The van der Waals surface area contributed by atoms with E-state index in [1.807, 2.05) is 21.1 Å². The summed E-state index contributed by atoms with van der Waals surface area (Å²) < 4.78 is 22.8. The summed E-state index contributed by atoms with van der Waals surface area (Å²) in [5, 5.41) is 9.74. The van der Waals surface area contributed by atoms with Gasteiger partial charge in [0, 0.05) is 12.8 Å². The van der Waals surface area contributed by atoms with Crippen molar-refractivity contribution in [3.05, 3.63) is 243 Å². The van der Waals surface area contributed by atoms with Gasteiger partial charge in [-0.15, -0.1) is 0 Å². The second-order valence-electron chi connectivity index (χ2n) is 23.4. The van der Waals surface area contributed by atoms with Gasteiger partial charge in [-0.25, -0.2) is 4.79 Å². The number of carbonyl (C=O) groups excluding carboxylic acids is 2. The average Bonchev–Trinajstić information content (AvgIpc) is 3.38. The standard InChI is InChI=1S/C84H125NO8/c1-6-8-10-12-14-16-18-20-22-24-26-28-30-32-34-36-37-38-39-40-41-42-43-44-45-47-49-51-53-55-57-59-61-63-65-67-69-71-73-75-82(87)93-80(79-92-84(83(88)89)90-77-76-85(3,4)5)78-91-81(86)74-72-70-68-66-64-62-60-58-56-54-52-50-48-46-35-33-31-29-27-25-23-21-19-17-15-13-11-9-7-2/h8-11,14-17,20-23,26-29,32-35,37-38,40-41,43-44,47-50,53-56,59-62,65,67,80,84H,6-7,12-13,18-19,24-25,30-31,36,39,42,45-46,51-52,57-58,63-64,66,68-79H2,1-5H3/p+1/b10-8-,11-9-,16-14-,17-15-,22-20-,23-21-,28-26-,29-27-,34-32-,35-33-,38-37-,41-40-,44-43-,49-47-,50-48-,55-53-,56-54-,61-59-,62-60-,67-65-. The SMILES string of the molecule is CC/C=C\C/C=C\C/C=C\C/C=C\C/C=C\C/C=C\C/C=C\C/C=C\C/C=C\C/C=C\C/C=C\C/C=C\CCCCC(=O)OC(COC(=O)CCCCCC/C=C\C/C=C\C/C=C\C/C=C\C/C=C\C/C=C\C/C=C\C/C=C\CC)COC(OCC[N+](C)(C)C)C(=O)O. The molecule has 0 amide bonds. The molecule has 2 atom stereocenters. The Labute approximate surface area is 567 Å². The predicted molar refractivity (Wildman–Crippen MR) is 400 cm³/mol. The molecule has 93 heavy (non-hydrogen) atoms. The monoisotopic (exact) mass is 1280 g/mol. The van der Waals surface area contributed by atoms with Crippen LogP contribution in [0, 0.1) is 0 Å². The molecule has 1 N–H and O–H groups in total. The molecule has 9 nitrogen and oxygen atoms in total. The van der Waals surface area contributed by atoms with E-state index in [2.05, 4.69) is 257 Å². The smallest absolute Gasteiger partial charge is 0.361 e. The van der Waals surface area contributed by atoms with Gasteiger partial charge in [-0.3, -0.25) is 9.59 Å². The Hall–Kier alpha value is -6.91. The quantitative estimate of drug-likeness (QED) is 0.0211. The number of rotatable bonds is 61. The number of esters is 2. The average molecular weight is 1280 g/mol. The van der Waals surface area contributed by atoms with E-state index in [0.29, 0.717) is 23.9 Å². The Balaban J connectivity index is 4.37. The summed E-state index contributed by atoms with van der Waals surface area (Å²) in [5.74, 6) is -2.14. The molecular formula is C84H126NO8+. The van der Waals surface area contributed by atoms with Gasteiger partial charge in [0.25, 0.3) is 6.29 Å². The number of hydrogen-bond donors (Lipinski definition) is 1. The summed E-state index contributed by atoms with van der Waals surface area (Å²) in [7, 11) is 5.93. The second kappa shape index (κ2) is 70.9. The van der Waals surface area contributed by atoms with Crippen molar-refractivity contribution in [1.29, 1.82) is 0 Å². The highest BCUT2D eigenvalue weighted by Crippen LogP contribution is 2.12. The molecule has 0 spiro atoms. The van der Waals surface area contributed by atoms with E-state index in [9.17, 15) is 19.5 Å². The summed E-state index contributed by atoms with van der Waals surface area (Å²) in [6, 6.07) is 0. The van der Waals surface area contributed by atoms with E-state index in [1.54, 1.807) is 0 Å². The summed E-state index contributed by atoms with van der Waals surface area (Å²) in [6.07, 6.45) is 113. The molecule has 0 rings (SSSR count). The highest BCUT2D eigenvalue weighted by molar-refractivity contribution is 5.71. The number of unbranched alkanes of at least 4 members (excludes halogenated alkanes) is 6. The molecule has 0 fully saturated rings. The number of allylic oxidation sites excluding steroid dienone is 40. The predicted octanol–water partition coefficient (Wildman–Crippen LogP) is 22.5. The minimum absolute atomic E-state index is 0.159. The summed E-state index contributed by atoms with van der Waals surface area (Å²) in [5.41, 5.74) is 0.